The average molecular weight is 460 g/mol. The van der Waals surface area contributed by atoms with Gasteiger partial charge >= 0.3 is 6.03 Å². The maximum Gasteiger partial charge on any atom is 0.324 e. The van der Waals surface area contributed by atoms with Crippen LogP contribution in [-0.4, -0.2) is 29.9 Å². The molecule has 1 N–H and O–H groups in total. The maximum atomic E-state index is 13.6. The Balaban J connectivity index is 1.57. The molecule has 1 atom stereocenters. The van der Waals surface area contributed by atoms with Gasteiger partial charge in [-0.25, -0.2) is 9.18 Å². The molecular formula is C28H30FN3O2. The fraction of sp³-hybridized carbons (Fsp3) is 0.286. The molecule has 1 fully saturated rings. The molecule has 4 rings (SSSR count). The second-order valence-corrected chi connectivity index (χ2v) is 8.72. The zero-order valence-corrected chi connectivity index (χ0v) is 19.6. The van der Waals surface area contributed by atoms with Crippen molar-refractivity contribution in [3.05, 3.63) is 95.3 Å². The van der Waals surface area contributed by atoms with E-state index in [4.69, 9.17) is 0 Å². The second-order valence-electron chi connectivity index (χ2n) is 8.72. The van der Waals surface area contributed by atoms with Crippen molar-refractivity contribution >= 4 is 23.3 Å². The first-order chi connectivity index (χ1) is 16.5. The number of hydrogen-bond acceptors (Lipinski definition) is 2. The molecule has 0 saturated carbocycles. The first-order valence-corrected chi connectivity index (χ1v) is 11.7. The van der Waals surface area contributed by atoms with Crippen LogP contribution in [0.2, 0.25) is 0 Å². The molecule has 176 valence electrons. The minimum atomic E-state index is -0.314. The Morgan fingerprint density at radius 1 is 1.03 bits per heavy atom. The first kappa shape index (κ1) is 23.5. The topological polar surface area (TPSA) is 52.7 Å². The Bertz CT molecular complexity index is 1170. The minimum absolute atomic E-state index is 0.0957. The lowest BCUT2D eigenvalue weighted by molar-refractivity contribution is -0.117. The summed E-state index contributed by atoms with van der Waals surface area (Å²) in [6, 6.07) is 21.6. The van der Waals surface area contributed by atoms with Crippen molar-refractivity contribution in [1.29, 1.82) is 0 Å². The van der Waals surface area contributed by atoms with E-state index < -0.39 is 0 Å². The highest BCUT2D eigenvalue weighted by molar-refractivity contribution is 6.02. The Labute approximate surface area is 200 Å². The average Bonchev–Trinajstić information content (AvgIpc) is 2.82. The minimum Gasteiger partial charge on any atom is -0.324 e. The lowest BCUT2D eigenvalue weighted by Gasteiger charge is -2.36. The summed E-state index contributed by atoms with van der Waals surface area (Å²) >= 11 is 0. The standard InChI is InChI=1S/C28H30FN3O2/c1-3-24(22-10-5-4-6-11-22)27(33)30-25-17-20(2)13-14-26(25)32-16-8-15-31(28(32)34)19-21-9-7-12-23(29)18-21/h4-7,9-14,17-18,24H,3,8,15-16,19H2,1-2H3,(H,30,33)/t24-/m1/s1. The SMILES string of the molecule is CC[C@@H](C(=O)Nc1cc(C)ccc1N1CCCN(Cc2cccc(F)c2)C1=O)c1ccccc1. The molecule has 1 saturated heterocycles. The maximum absolute atomic E-state index is 13.6. The van der Waals surface area contributed by atoms with Crippen LogP contribution in [0.4, 0.5) is 20.6 Å². The predicted octanol–water partition coefficient (Wildman–Crippen LogP) is 6.10. The van der Waals surface area contributed by atoms with Crippen LogP contribution in [0.1, 0.15) is 42.4 Å². The molecule has 3 aromatic rings. The summed E-state index contributed by atoms with van der Waals surface area (Å²) in [6.45, 7) is 5.45. The largest absolute Gasteiger partial charge is 0.324 e. The van der Waals surface area contributed by atoms with Crippen LogP contribution < -0.4 is 10.2 Å². The summed E-state index contributed by atoms with van der Waals surface area (Å²) in [5.74, 6) is -0.691. The van der Waals surface area contributed by atoms with Crippen LogP contribution in [0.15, 0.2) is 72.8 Å². The fourth-order valence-electron chi connectivity index (χ4n) is 4.47. The summed E-state index contributed by atoms with van der Waals surface area (Å²) in [5, 5.41) is 3.09. The molecule has 3 amide bonds. The van der Waals surface area contributed by atoms with Gasteiger partial charge in [-0.3, -0.25) is 9.69 Å². The number of anilines is 2. The highest BCUT2D eigenvalue weighted by atomic mass is 19.1. The monoisotopic (exact) mass is 459 g/mol. The summed E-state index contributed by atoms with van der Waals surface area (Å²) in [6.07, 6.45) is 1.45. The summed E-state index contributed by atoms with van der Waals surface area (Å²) in [5.41, 5.74) is 4.01. The van der Waals surface area contributed by atoms with Gasteiger partial charge in [0.15, 0.2) is 0 Å². The first-order valence-electron chi connectivity index (χ1n) is 11.7. The van der Waals surface area contributed by atoms with Crippen molar-refractivity contribution in [3.63, 3.8) is 0 Å². The Morgan fingerprint density at radius 2 is 1.82 bits per heavy atom. The molecule has 0 aromatic heterocycles. The molecule has 34 heavy (non-hydrogen) atoms. The number of halogens is 1. The zero-order valence-electron chi connectivity index (χ0n) is 19.6. The van der Waals surface area contributed by atoms with Gasteiger partial charge in [0.05, 0.1) is 17.3 Å². The molecule has 1 aliphatic rings. The van der Waals surface area contributed by atoms with Crippen LogP contribution in [0.3, 0.4) is 0 Å². The van der Waals surface area contributed by atoms with E-state index in [9.17, 15) is 14.0 Å². The molecule has 0 unspecified atom stereocenters. The van der Waals surface area contributed by atoms with Gasteiger partial charge in [-0.2, -0.15) is 0 Å². The number of nitrogens with zero attached hydrogens (tertiary/aromatic N) is 2. The molecule has 1 aliphatic heterocycles. The van der Waals surface area contributed by atoms with Crippen molar-refractivity contribution in [2.24, 2.45) is 0 Å². The van der Waals surface area contributed by atoms with Crippen LogP contribution in [-0.2, 0) is 11.3 Å². The highest BCUT2D eigenvalue weighted by Crippen LogP contribution is 2.32. The highest BCUT2D eigenvalue weighted by Gasteiger charge is 2.29. The van der Waals surface area contributed by atoms with E-state index in [2.05, 4.69) is 5.32 Å². The third-order valence-electron chi connectivity index (χ3n) is 6.20. The second kappa shape index (κ2) is 10.5. The number of nitrogens with one attached hydrogen (secondary N) is 1. The van der Waals surface area contributed by atoms with Crippen LogP contribution in [0.5, 0.6) is 0 Å². The Hall–Kier alpha value is -3.67. The number of aryl methyl sites for hydroxylation is 1. The van der Waals surface area contributed by atoms with Gasteiger partial charge in [0.25, 0.3) is 0 Å². The molecule has 3 aromatic carbocycles. The van der Waals surface area contributed by atoms with Crippen molar-refractivity contribution in [2.75, 3.05) is 23.3 Å². The third kappa shape index (κ3) is 5.28. The molecule has 0 spiro atoms. The van der Waals surface area contributed by atoms with Gasteiger partial charge in [-0.15, -0.1) is 0 Å². The van der Waals surface area contributed by atoms with E-state index in [-0.39, 0.29) is 23.7 Å². The van der Waals surface area contributed by atoms with Gasteiger partial charge in [-0.1, -0.05) is 55.5 Å². The summed E-state index contributed by atoms with van der Waals surface area (Å²) in [7, 11) is 0. The van der Waals surface area contributed by atoms with Crippen LogP contribution in [0, 0.1) is 12.7 Å². The van der Waals surface area contributed by atoms with Crippen molar-refractivity contribution in [2.45, 2.75) is 39.2 Å². The lowest BCUT2D eigenvalue weighted by Crippen LogP contribution is -2.49. The van der Waals surface area contributed by atoms with E-state index in [1.54, 1.807) is 15.9 Å². The summed E-state index contributed by atoms with van der Waals surface area (Å²) in [4.78, 5) is 30.1. The van der Waals surface area contributed by atoms with Crippen LogP contribution in [0.25, 0.3) is 0 Å². The summed E-state index contributed by atoms with van der Waals surface area (Å²) < 4.78 is 13.6. The third-order valence-corrected chi connectivity index (χ3v) is 6.20. The molecule has 5 nitrogen and oxygen atoms in total. The number of benzene rings is 3. The van der Waals surface area contributed by atoms with Gasteiger partial charge in [-0.05, 0) is 60.7 Å². The van der Waals surface area contributed by atoms with E-state index >= 15 is 0 Å². The molecule has 0 aliphatic carbocycles. The predicted molar refractivity (Wildman–Crippen MR) is 133 cm³/mol. The van der Waals surface area contributed by atoms with E-state index in [0.717, 1.165) is 23.1 Å². The molecule has 0 radical (unpaired) electrons. The van der Waals surface area contributed by atoms with E-state index in [1.807, 2.05) is 68.4 Å². The van der Waals surface area contributed by atoms with Crippen molar-refractivity contribution in [1.82, 2.24) is 4.90 Å². The van der Waals surface area contributed by atoms with E-state index in [0.29, 0.717) is 37.4 Å². The Kier molecular flexibility index (Phi) is 7.26. The van der Waals surface area contributed by atoms with E-state index in [1.165, 1.54) is 12.1 Å². The molecule has 6 heteroatoms. The van der Waals surface area contributed by atoms with Gasteiger partial charge in [0.1, 0.15) is 5.82 Å². The lowest BCUT2D eigenvalue weighted by atomic mass is 9.95. The van der Waals surface area contributed by atoms with Gasteiger partial charge < -0.3 is 10.2 Å². The van der Waals surface area contributed by atoms with Crippen molar-refractivity contribution in [3.8, 4) is 0 Å². The van der Waals surface area contributed by atoms with Gasteiger partial charge in [0, 0.05) is 19.6 Å². The quantitative estimate of drug-likeness (QED) is 0.464. The molecule has 0 bridgehead atoms. The van der Waals surface area contributed by atoms with Gasteiger partial charge in [0.2, 0.25) is 5.91 Å². The van der Waals surface area contributed by atoms with Crippen molar-refractivity contribution < 1.29 is 14.0 Å². The van der Waals surface area contributed by atoms with Crippen LogP contribution >= 0.6 is 0 Å². The Morgan fingerprint density at radius 3 is 2.56 bits per heavy atom. The smallest absolute Gasteiger partial charge is 0.324 e. The number of hydrogen-bond donors (Lipinski definition) is 1. The number of carbonyl (C=O) groups is 2. The zero-order chi connectivity index (χ0) is 24.1. The molecular weight excluding hydrogens is 429 g/mol. The number of amides is 3. The number of rotatable bonds is 7. The fourth-order valence-corrected chi connectivity index (χ4v) is 4.47. The normalized spacial score (nSPS) is 14.7. The number of urea groups is 1. The number of carbonyl (C=O) groups excluding carboxylic acids is 2. The molecule has 1 heterocycles.